The number of nitrogens with zero attached hydrogens (tertiary/aromatic N) is 1. The van der Waals surface area contributed by atoms with Crippen molar-refractivity contribution in [2.24, 2.45) is 4.99 Å². The summed E-state index contributed by atoms with van der Waals surface area (Å²) < 4.78 is 0. The number of carboxylic acid groups (broad SMARTS) is 1. The van der Waals surface area contributed by atoms with E-state index in [0.717, 1.165) is 12.8 Å². The Labute approximate surface area is 54.4 Å². The maximum Gasteiger partial charge on any atom is 0.325 e. The predicted molar refractivity (Wildman–Crippen MR) is 35.9 cm³/mol. The lowest BCUT2D eigenvalue weighted by atomic mass is 10.4. The smallest absolute Gasteiger partial charge is 0.325 e. The van der Waals surface area contributed by atoms with E-state index in [4.69, 9.17) is 5.11 Å². The lowest BCUT2D eigenvalue weighted by Gasteiger charge is -1.83. The quantitative estimate of drug-likeness (QED) is 0.574. The molecular weight excluding hydrogens is 118 g/mol. The predicted octanol–water partition coefficient (Wildman–Crippen LogP) is 0.942. The van der Waals surface area contributed by atoms with Crippen LogP contribution in [0.5, 0.6) is 0 Å². The molecule has 0 spiro atoms. The first-order chi connectivity index (χ1) is 4.27. The maximum atomic E-state index is 9.85. The van der Waals surface area contributed by atoms with Gasteiger partial charge < -0.3 is 5.11 Å². The average Bonchev–Trinajstić information content (AvgIpc) is 1.80. The molecule has 0 aliphatic carbocycles. The number of rotatable bonds is 4. The molecule has 0 aliphatic rings. The van der Waals surface area contributed by atoms with Crippen molar-refractivity contribution >= 4 is 12.2 Å². The Kier molecular flexibility index (Phi) is 4.78. The van der Waals surface area contributed by atoms with E-state index in [-0.39, 0.29) is 6.54 Å². The highest BCUT2D eigenvalue weighted by Gasteiger charge is 1.87. The molecule has 0 heterocycles. The molecule has 0 amide bonds. The summed E-state index contributed by atoms with van der Waals surface area (Å²) in [5.41, 5.74) is 0. The molecule has 0 unspecified atom stereocenters. The number of hydrogen-bond donors (Lipinski definition) is 1. The largest absolute Gasteiger partial charge is 0.480 e. The van der Waals surface area contributed by atoms with Crippen molar-refractivity contribution < 1.29 is 9.90 Å². The third kappa shape index (κ3) is 7.14. The Hall–Kier alpha value is -0.860. The second-order valence-corrected chi connectivity index (χ2v) is 1.71. The molecule has 3 heteroatoms. The van der Waals surface area contributed by atoms with Gasteiger partial charge in [-0.25, -0.2) is 0 Å². The van der Waals surface area contributed by atoms with Crippen LogP contribution in [0.1, 0.15) is 19.8 Å². The molecule has 0 saturated carbocycles. The maximum absolute atomic E-state index is 9.85. The first-order valence-corrected chi connectivity index (χ1v) is 2.97. The lowest BCUT2D eigenvalue weighted by molar-refractivity contribution is -0.135. The van der Waals surface area contributed by atoms with Crippen molar-refractivity contribution in [3.63, 3.8) is 0 Å². The van der Waals surface area contributed by atoms with Crippen LogP contribution in [0.15, 0.2) is 4.99 Å². The zero-order valence-electron chi connectivity index (χ0n) is 5.50. The van der Waals surface area contributed by atoms with Crippen LogP contribution in [0.2, 0.25) is 0 Å². The number of aliphatic imine (C=N–C) groups is 1. The van der Waals surface area contributed by atoms with Crippen LogP contribution in [0.25, 0.3) is 0 Å². The van der Waals surface area contributed by atoms with E-state index in [9.17, 15) is 4.79 Å². The van der Waals surface area contributed by atoms with E-state index in [2.05, 4.69) is 4.99 Å². The molecule has 0 rings (SSSR count). The van der Waals surface area contributed by atoms with Crippen LogP contribution in [-0.4, -0.2) is 23.8 Å². The normalized spacial score (nSPS) is 10.3. The number of aliphatic carboxylic acids is 1. The molecule has 0 atom stereocenters. The molecule has 0 aromatic carbocycles. The average molecular weight is 129 g/mol. The highest BCUT2D eigenvalue weighted by molar-refractivity contribution is 5.71. The van der Waals surface area contributed by atoms with Gasteiger partial charge in [0, 0.05) is 0 Å². The summed E-state index contributed by atoms with van der Waals surface area (Å²) in [5, 5.41) is 8.10. The second-order valence-electron chi connectivity index (χ2n) is 1.71. The summed E-state index contributed by atoms with van der Waals surface area (Å²) in [5.74, 6) is -0.873. The van der Waals surface area contributed by atoms with Crippen molar-refractivity contribution in [2.45, 2.75) is 19.8 Å². The molecule has 0 aliphatic heterocycles. The monoisotopic (exact) mass is 129 g/mol. The zero-order valence-corrected chi connectivity index (χ0v) is 5.50. The first-order valence-electron chi connectivity index (χ1n) is 2.97. The minimum atomic E-state index is -0.873. The Balaban J connectivity index is 3.14. The van der Waals surface area contributed by atoms with Crippen LogP contribution >= 0.6 is 0 Å². The van der Waals surface area contributed by atoms with E-state index in [1.807, 2.05) is 6.92 Å². The minimum Gasteiger partial charge on any atom is -0.480 e. The Morgan fingerprint density at radius 1 is 1.78 bits per heavy atom. The van der Waals surface area contributed by atoms with Crippen LogP contribution in [0.3, 0.4) is 0 Å². The topological polar surface area (TPSA) is 49.7 Å². The molecule has 0 aromatic rings. The Morgan fingerprint density at radius 3 is 2.89 bits per heavy atom. The molecule has 52 valence electrons. The van der Waals surface area contributed by atoms with Crippen LogP contribution < -0.4 is 0 Å². The fourth-order valence-electron chi connectivity index (χ4n) is 0.363. The van der Waals surface area contributed by atoms with E-state index < -0.39 is 5.97 Å². The summed E-state index contributed by atoms with van der Waals surface area (Å²) in [6.07, 6.45) is 3.53. The standard InChI is InChI=1S/C6H11NO2/c1-2-3-4-7-5-6(8)9/h4H,2-3,5H2,1H3,(H,8,9). The Morgan fingerprint density at radius 2 is 2.44 bits per heavy atom. The van der Waals surface area contributed by atoms with Crippen LogP contribution in [0.4, 0.5) is 0 Å². The molecule has 0 saturated heterocycles. The molecule has 0 bridgehead atoms. The minimum absolute atomic E-state index is 0.0972. The van der Waals surface area contributed by atoms with Gasteiger partial charge in [0.05, 0.1) is 0 Å². The third-order valence-electron chi connectivity index (χ3n) is 0.773. The first kappa shape index (κ1) is 8.14. The SMILES string of the molecule is CCCC=NCC(=O)O. The van der Waals surface area contributed by atoms with Gasteiger partial charge >= 0.3 is 5.97 Å². The summed E-state index contributed by atoms with van der Waals surface area (Å²) >= 11 is 0. The van der Waals surface area contributed by atoms with Crippen molar-refractivity contribution in [3.05, 3.63) is 0 Å². The number of carbonyl (C=O) groups is 1. The van der Waals surface area contributed by atoms with Crippen molar-refractivity contribution in [1.82, 2.24) is 0 Å². The van der Waals surface area contributed by atoms with Crippen molar-refractivity contribution in [1.29, 1.82) is 0 Å². The highest BCUT2D eigenvalue weighted by Crippen LogP contribution is 1.80. The molecule has 0 fully saturated rings. The van der Waals surface area contributed by atoms with E-state index in [1.165, 1.54) is 0 Å². The molecule has 1 N–H and O–H groups in total. The van der Waals surface area contributed by atoms with Gasteiger partial charge in [-0.15, -0.1) is 0 Å². The van der Waals surface area contributed by atoms with Crippen LogP contribution in [0, 0.1) is 0 Å². The van der Waals surface area contributed by atoms with Gasteiger partial charge in [-0.2, -0.15) is 0 Å². The van der Waals surface area contributed by atoms with E-state index >= 15 is 0 Å². The molecule has 0 aromatic heterocycles. The van der Waals surface area contributed by atoms with Gasteiger partial charge in [0.15, 0.2) is 0 Å². The summed E-state index contributed by atoms with van der Waals surface area (Å²) in [6, 6.07) is 0. The number of hydrogen-bond acceptors (Lipinski definition) is 2. The summed E-state index contributed by atoms with van der Waals surface area (Å²) in [4.78, 5) is 13.5. The van der Waals surface area contributed by atoms with Crippen molar-refractivity contribution in [2.75, 3.05) is 6.54 Å². The lowest BCUT2D eigenvalue weighted by Crippen LogP contribution is -1.98. The van der Waals surface area contributed by atoms with Crippen LogP contribution in [-0.2, 0) is 4.79 Å². The molecule has 9 heavy (non-hydrogen) atoms. The number of unbranched alkanes of at least 4 members (excludes halogenated alkanes) is 1. The summed E-state index contributed by atoms with van der Waals surface area (Å²) in [6.45, 7) is 1.92. The fraction of sp³-hybridized carbons (Fsp3) is 0.667. The highest BCUT2D eigenvalue weighted by atomic mass is 16.4. The van der Waals surface area contributed by atoms with Gasteiger partial charge in [-0.1, -0.05) is 13.3 Å². The fourth-order valence-corrected chi connectivity index (χ4v) is 0.363. The molecule has 3 nitrogen and oxygen atoms in total. The van der Waals surface area contributed by atoms with Gasteiger partial charge in [0.25, 0.3) is 0 Å². The van der Waals surface area contributed by atoms with E-state index in [1.54, 1.807) is 6.21 Å². The zero-order chi connectivity index (χ0) is 7.11. The second kappa shape index (κ2) is 5.28. The Bertz CT molecular complexity index is 110. The number of carboxylic acids is 1. The van der Waals surface area contributed by atoms with Gasteiger partial charge in [-0.3, -0.25) is 9.79 Å². The molecule has 0 radical (unpaired) electrons. The third-order valence-corrected chi connectivity index (χ3v) is 0.773. The van der Waals surface area contributed by atoms with E-state index in [0.29, 0.717) is 0 Å². The van der Waals surface area contributed by atoms with Crippen molar-refractivity contribution in [3.8, 4) is 0 Å². The van der Waals surface area contributed by atoms with Gasteiger partial charge in [-0.05, 0) is 12.6 Å². The van der Waals surface area contributed by atoms with Gasteiger partial charge in [0.2, 0.25) is 0 Å². The molecular formula is C6H11NO2. The van der Waals surface area contributed by atoms with Gasteiger partial charge in [0.1, 0.15) is 6.54 Å². The summed E-state index contributed by atoms with van der Waals surface area (Å²) in [7, 11) is 0.